The number of aromatic amines is 1. The molecule has 0 aliphatic carbocycles. The second-order valence-corrected chi connectivity index (χ2v) is 11.1. The number of carbonyl (C=O) groups is 4. The van der Waals surface area contributed by atoms with Gasteiger partial charge in [0.15, 0.2) is 0 Å². The number of carbonyl (C=O) groups excluding carboxylic acids is 3. The van der Waals surface area contributed by atoms with Gasteiger partial charge in [0.05, 0.1) is 6.04 Å². The lowest BCUT2D eigenvalue weighted by molar-refractivity contribution is -0.143. The molecule has 0 aliphatic heterocycles. The fourth-order valence-electron chi connectivity index (χ4n) is 4.36. The molecule has 40 heavy (non-hydrogen) atoms. The molecule has 3 amide bonds. The number of carboxylic acid groups (broad SMARTS) is 1. The third-order valence-electron chi connectivity index (χ3n) is 7.06. The van der Waals surface area contributed by atoms with Crippen LogP contribution < -0.4 is 27.4 Å². The van der Waals surface area contributed by atoms with Crippen molar-refractivity contribution in [1.29, 1.82) is 0 Å². The van der Waals surface area contributed by atoms with E-state index in [0.29, 0.717) is 38.0 Å². The quantitative estimate of drug-likeness (QED) is 0.130. The zero-order valence-electron chi connectivity index (χ0n) is 23.6. The number of nitrogens with two attached hydrogens (primary N) is 2. The molecule has 2 aromatic rings. The lowest BCUT2D eigenvalue weighted by atomic mass is 9.98. The summed E-state index contributed by atoms with van der Waals surface area (Å²) in [6, 6.07) is 3.69. The van der Waals surface area contributed by atoms with E-state index in [1.807, 2.05) is 37.4 Å². The van der Waals surface area contributed by atoms with Crippen molar-refractivity contribution in [2.45, 2.75) is 76.5 Å². The number of para-hydroxylation sites is 1. The predicted molar refractivity (Wildman–Crippen MR) is 159 cm³/mol. The average molecular weight is 577 g/mol. The maximum absolute atomic E-state index is 13.5. The number of aromatic nitrogens is 1. The summed E-state index contributed by atoms with van der Waals surface area (Å²) in [5, 5.41) is 18.8. The number of nitrogens with one attached hydrogen (secondary N) is 4. The normalized spacial score (nSPS) is 15.0. The van der Waals surface area contributed by atoms with Crippen LogP contribution >= 0.6 is 11.8 Å². The third-order valence-corrected chi connectivity index (χ3v) is 7.70. The number of benzene rings is 1. The van der Waals surface area contributed by atoms with Crippen LogP contribution in [0.25, 0.3) is 10.9 Å². The number of amides is 3. The summed E-state index contributed by atoms with van der Waals surface area (Å²) in [6.07, 6.45) is 6.55. The Morgan fingerprint density at radius 2 is 1.68 bits per heavy atom. The lowest BCUT2D eigenvalue weighted by Crippen LogP contribution is -2.58. The molecule has 1 aromatic heterocycles. The SMILES string of the molecule is CCC(C)C(NC(=O)C(Cc1c[nH]c2ccccc12)NC(=O)C(CCSC)NC(=O)C(N)CCCCN)C(=O)O. The number of thioether (sulfide) groups is 1. The molecule has 11 nitrogen and oxygen atoms in total. The molecule has 12 heteroatoms. The Hall–Kier alpha value is -3.09. The van der Waals surface area contributed by atoms with Crippen molar-refractivity contribution in [1.82, 2.24) is 20.9 Å². The van der Waals surface area contributed by atoms with Crippen LogP contribution in [-0.2, 0) is 25.6 Å². The van der Waals surface area contributed by atoms with Gasteiger partial charge in [-0.25, -0.2) is 4.79 Å². The lowest BCUT2D eigenvalue weighted by Gasteiger charge is -2.26. The van der Waals surface area contributed by atoms with Gasteiger partial charge in [-0.1, -0.05) is 44.9 Å². The molecule has 5 unspecified atom stereocenters. The van der Waals surface area contributed by atoms with Crippen molar-refractivity contribution in [2.24, 2.45) is 17.4 Å². The van der Waals surface area contributed by atoms with Crippen molar-refractivity contribution in [3.8, 4) is 0 Å². The zero-order valence-corrected chi connectivity index (χ0v) is 24.4. The van der Waals surface area contributed by atoms with Gasteiger partial charge in [0.25, 0.3) is 0 Å². The monoisotopic (exact) mass is 576 g/mol. The molecule has 222 valence electrons. The maximum atomic E-state index is 13.5. The van der Waals surface area contributed by atoms with E-state index in [1.165, 1.54) is 11.8 Å². The van der Waals surface area contributed by atoms with E-state index in [-0.39, 0.29) is 12.3 Å². The molecule has 2 rings (SSSR count). The highest BCUT2D eigenvalue weighted by molar-refractivity contribution is 7.98. The summed E-state index contributed by atoms with van der Waals surface area (Å²) in [7, 11) is 0. The van der Waals surface area contributed by atoms with Crippen molar-refractivity contribution in [3.63, 3.8) is 0 Å². The first-order chi connectivity index (χ1) is 19.1. The van der Waals surface area contributed by atoms with Crippen LogP contribution in [-0.4, -0.2) is 76.5 Å². The van der Waals surface area contributed by atoms with Crippen LogP contribution in [0.1, 0.15) is 51.5 Å². The van der Waals surface area contributed by atoms with Gasteiger partial charge in [-0.15, -0.1) is 0 Å². The van der Waals surface area contributed by atoms with Gasteiger partial charge >= 0.3 is 5.97 Å². The van der Waals surface area contributed by atoms with Crippen LogP contribution in [0.3, 0.4) is 0 Å². The fraction of sp³-hybridized carbons (Fsp3) is 0.571. The Morgan fingerprint density at radius 3 is 2.33 bits per heavy atom. The number of hydrogen-bond donors (Lipinski definition) is 7. The van der Waals surface area contributed by atoms with Crippen LogP contribution in [0.4, 0.5) is 0 Å². The smallest absolute Gasteiger partial charge is 0.326 e. The van der Waals surface area contributed by atoms with Gasteiger partial charge in [-0.3, -0.25) is 14.4 Å². The van der Waals surface area contributed by atoms with Crippen molar-refractivity contribution < 1.29 is 24.3 Å². The third kappa shape index (κ3) is 9.83. The van der Waals surface area contributed by atoms with Gasteiger partial charge in [0.2, 0.25) is 17.7 Å². The molecule has 0 fully saturated rings. The van der Waals surface area contributed by atoms with Crippen molar-refractivity contribution in [3.05, 3.63) is 36.0 Å². The molecule has 1 aromatic carbocycles. The van der Waals surface area contributed by atoms with Crippen molar-refractivity contribution >= 4 is 46.4 Å². The summed E-state index contributed by atoms with van der Waals surface area (Å²) in [4.78, 5) is 54.8. The van der Waals surface area contributed by atoms with Gasteiger partial charge in [-0.05, 0) is 55.4 Å². The minimum atomic E-state index is -1.14. The standard InChI is InChI=1S/C28H44N6O5S/c1-4-17(2)24(28(38)39)34-27(37)23(15-18-16-31-21-11-6-5-9-19(18)21)33-26(36)22(12-14-40-3)32-25(35)20(30)10-7-8-13-29/h5-6,9,11,16-17,20,22-24,31H,4,7-8,10,12-15,29-30H2,1-3H3,(H,32,35)(H,33,36)(H,34,37)(H,38,39). The summed E-state index contributed by atoms with van der Waals surface area (Å²) >= 11 is 1.52. The minimum Gasteiger partial charge on any atom is -0.480 e. The van der Waals surface area contributed by atoms with Crippen LogP contribution in [0.2, 0.25) is 0 Å². The highest BCUT2D eigenvalue weighted by atomic mass is 32.2. The molecular formula is C28H44N6O5S. The van der Waals surface area contributed by atoms with Gasteiger partial charge in [0, 0.05) is 23.5 Å². The van der Waals surface area contributed by atoms with E-state index >= 15 is 0 Å². The number of unbranched alkanes of at least 4 members (excludes halogenated alkanes) is 1. The number of aliphatic carboxylic acids is 1. The summed E-state index contributed by atoms with van der Waals surface area (Å²) in [5.74, 6) is -2.46. The molecule has 0 saturated heterocycles. The first kappa shape index (κ1) is 33.1. The first-order valence-electron chi connectivity index (χ1n) is 13.8. The number of fused-ring (bicyclic) bond motifs is 1. The van der Waals surface area contributed by atoms with Gasteiger partial charge in [0.1, 0.15) is 18.1 Å². The van der Waals surface area contributed by atoms with Gasteiger partial charge in [-0.2, -0.15) is 11.8 Å². The summed E-state index contributed by atoms with van der Waals surface area (Å²) in [6.45, 7) is 4.10. The number of carboxylic acids is 1. The van der Waals surface area contributed by atoms with Gasteiger partial charge < -0.3 is 37.5 Å². The Morgan fingerprint density at radius 1 is 1.00 bits per heavy atom. The Kier molecular flexibility index (Phi) is 14.0. The Bertz CT molecular complexity index is 1130. The first-order valence-corrected chi connectivity index (χ1v) is 15.2. The second-order valence-electron chi connectivity index (χ2n) is 10.1. The largest absolute Gasteiger partial charge is 0.480 e. The summed E-state index contributed by atoms with van der Waals surface area (Å²) in [5.41, 5.74) is 13.2. The molecule has 1 heterocycles. The van der Waals surface area contributed by atoms with E-state index in [4.69, 9.17) is 11.5 Å². The molecule has 5 atom stereocenters. The molecule has 9 N–H and O–H groups in total. The Balaban J connectivity index is 2.28. The molecular weight excluding hydrogens is 532 g/mol. The number of hydrogen-bond acceptors (Lipinski definition) is 7. The highest BCUT2D eigenvalue weighted by Crippen LogP contribution is 2.20. The maximum Gasteiger partial charge on any atom is 0.326 e. The van der Waals surface area contributed by atoms with E-state index in [2.05, 4.69) is 20.9 Å². The molecule has 0 spiro atoms. The topological polar surface area (TPSA) is 192 Å². The number of H-pyrrole nitrogens is 1. The number of rotatable bonds is 18. The van der Waals surface area contributed by atoms with Crippen LogP contribution in [0.5, 0.6) is 0 Å². The molecule has 0 aliphatic rings. The average Bonchev–Trinajstić information content (AvgIpc) is 3.35. The van der Waals surface area contributed by atoms with Crippen LogP contribution in [0.15, 0.2) is 30.5 Å². The Labute approximate surface area is 240 Å². The fourth-order valence-corrected chi connectivity index (χ4v) is 4.83. The second kappa shape index (κ2) is 16.9. The molecule has 0 saturated carbocycles. The van der Waals surface area contributed by atoms with Crippen LogP contribution in [0, 0.1) is 5.92 Å². The molecule has 0 bridgehead atoms. The molecule has 0 radical (unpaired) electrons. The summed E-state index contributed by atoms with van der Waals surface area (Å²) < 4.78 is 0. The minimum absolute atomic E-state index is 0.121. The zero-order chi connectivity index (χ0) is 29.7. The van der Waals surface area contributed by atoms with E-state index in [9.17, 15) is 24.3 Å². The van der Waals surface area contributed by atoms with E-state index in [0.717, 1.165) is 22.9 Å². The highest BCUT2D eigenvalue weighted by Gasteiger charge is 2.32. The van der Waals surface area contributed by atoms with E-state index < -0.39 is 47.9 Å². The van der Waals surface area contributed by atoms with E-state index in [1.54, 1.807) is 13.1 Å². The predicted octanol–water partition coefficient (Wildman–Crippen LogP) is 1.50. The van der Waals surface area contributed by atoms with Crippen molar-refractivity contribution in [2.75, 3.05) is 18.6 Å².